The topological polar surface area (TPSA) is 63.9 Å². The molecule has 1 saturated heterocycles. The third-order valence-electron chi connectivity index (χ3n) is 5.96. The van der Waals surface area contributed by atoms with E-state index < -0.39 is 5.97 Å². The van der Waals surface area contributed by atoms with Gasteiger partial charge in [0.15, 0.2) is 0 Å². The highest BCUT2D eigenvalue weighted by atomic mass is 79.9. The molecule has 1 aromatic heterocycles. The first-order valence-corrected chi connectivity index (χ1v) is 13.1. The summed E-state index contributed by atoms with van der Waals surface area (Å²) in [5, 5.41) is 11.8. The van der Waals surface area contributed by atoms with Gasteiger partial charge >= 0.3 is 5.97 Å². The van der Waals surface area contributed by atoms with Crippen LogP contribution in [0.1, 0.15) is 35.5 Å². The summed E-state index contributed by atoms with van der Waals surface area (Å²) >= 11 is 5.05. The Balaban J connectivity index is 0.00000342. The lowest BCUT2D eigenvalue weighted by Gasteiger charge is -2.27. The normalized spacial score (nSPS) is 14.2. The smallest absolute Gasteiger partial charge is 0.340 e. The Morgan fingerprint density at radius 1 is 1.23 bits per heavy atom. The zero-order valence-electron chi connectivity index (χ0n) is 19.7. The van der Waals surface area contributed by atoms with Crippen molar-refractivity contribution in [2.45, 2.75) is 37.6 Å². The predicted octanol–water partition coefficient (Wildman–Crippen LogP) is 5.99. The molecule has 2 aromatic carbocycles. The molecule has 35 heavy (non-hydrogen) atoms. The lowest BCUT2D eigenvalue weighted by molar-refractivity contribution is 0.0340. The second-order valence-electron chi connectivity index (χ2n) is 8.00. The van der Waals surface area contributed by atoms with E-state index in [1.807, 2.05) is 13.0 Å². The summed E-state index contributed by atoms with van der Waals surface area (Å²) in [6.07, 6.45) is 0. The lowest BCUT2D eigenvalue weighted by Crippen LogP contribution is -2.35. The van der Waals surface area contributed by atoms with Crippen molar-refractivity contribution >= 4 is 57.0 Å². The Labute approximate surface area is 223 Å². The summed E-state index contributed by atoms with van der Waals surface area (Å²) in [6, 6.07) is 8.19. The van der Waals surface area contributed by atoms with Gasteiger partial charge in [-0.05, 0) is 60.1 Å². The Morgan fingerprint density at radius 2 is 1.91 bits per heavy atom. The molecule has 0 radical (unpaired) electrons. The first kappa shape index (κ1) is 27.8. The highest BCUT2D eigenvalue weighted by Crippen LogP contribution is 2.41. The van der Waals surface area contributed by atoms with Gasteiger partial charge in [-0.25, -0.2) is 9.18 Å². The molecule has 0 amide bonds. The van der Waals surface area contributed by atoms with Crippen LogP contribution in [0.4, 0.5) is 4.39 Å². The molecule has 0 unspecified atom stereocenters. The maximum absolute atomic E-state index is 13.4. The van der Waals surface area contributed by atoms with Gasteiger partial charge in [-0.15, -0.1) is 24.2 Å². The molecule has 0 spiro atoms. The largest absolute Gasteiger partial charge is 0.506 e. The van der Waals surface area contributed by atoms with Crippen LogP contribution in [-0.4, -0.2) is 53.5 Å². The van der Waals surface area contributed by atoms with Crippen LogP contribution in [0.5, 0.6) is 5.75 Å². The Morgan fingerprint density at radius 3 is 2.54 bits per heavy atom. The monoisotopic (exact) mass is 586 g/mol. The fourth-order valence-electron chi connectivity index (χ4n) is 4.35. The van der Waals surface area contributed by atoms with E-state index in [-0.39, 0.29) is 30.6 Å². The molecule has 1 aliphatic heterocycles. The standard InChI is InChI=1S/C25H28BrFN2O4S.ClH/c1-3-29-20-13-19(26)24(30)18(14-28-9-11-32-12-10-28)22(20)23(25(31)33-4-2)21(29)15-34-17-7-5-16(27)6-8-17;/h5-8,13,30H,3-4,9-12,14-15H2,1-2H3;1H. The van der Waals surface area contributed by atoms with E-state index in [4.69, 9.17) is 9.47 Å². The molecule has 0 aliphatic carbocycles. The number of phenols is 1. The molecule has 1 aliphatic rings. The van der Waals surface area contributed by atoms with E-state index in [1.165, 1.54) is 23.9 Å². The van der Waals surface area contributed by atoms with Crippen molar-refractivity contribution in [3.8, 4) is 5.75 Å². The van der Waals surface area contributed by atoms with Crippen LogP contribution in [-0.2, 0) is 28.3 Å². The average molecular weight is 588 g/mol. The second-order valence-corrected chi connectivity index (χ2v) is 9.90. The number of thioether (sulfide) groups is 1. The molecule has 10 heteroatoms. The highest BCUT2D eigenvalue weighted by Gasteiger charge is 2.29. The van der Waals surface area contributed by atoms with Gasteiger partial charge in [-0.1, -0.05) is 0 Å². The Kier molecular flexibility index (Phi) is 9.89. The molecule has 1 fully saturated rings. The van der Waals surface area contributed by atoms with E-state index in [2.05, 4.69) is 25.4 Å². The van der Waals surface area contributed by atoms with Crippen LogP contribution < -0.4 is 0 Å². The van der Waals surface area contributed by atoms with Crippen molar-refractivity contribution in [1.29, 1.82) is 0 Å². The van der Waals surface area contributed by atoms with E-state index in [0.29, 0.717) is 47.7 Å². The quantitative estimate of drug-likeness (QED) is 0.258. The molecule has 0 saturated carbocycles. The van der Waals surface area contributed by atoms with Gasteiger partial charge in [-0.2, -0.15) is 0 Å². The maximum atomic E-state index is 13.4. The van der Waals surface area contributed by atoms with E-state index in [1.54, 1.807) is 19.1 Å². The summed E-state index contributed by atoms with van der Waals surface area (Å²) in [7, 11) is 0. The van der Waals surface area contributed by atoms with Crippen molar-refractivity contribution in [3.63, 3.8) is 0 Å². The molecular formula is C25H29BrClFN2O4S. The lowest BCUT2D eigenvalue weighted by atomic mass is 10.0. The van der Waals surface area contributed by atoms with Gasteiger partial charge in [-0.3, -0.25) is 4.90 Å². The number of hydrogen-bond donors (Lipinski definition) is 1. The zero-order chi connectivity index (χ0) is 24.2. The summed E-state index contributed by atoms with van der Waals surface area (Å²) in [4.78, 5) is 16.4. The van der Waals surface area contributed by atoms with Crippen LogP contribution in [0, 0.1) is 5.82 Å². The molecule has 1 N–H and O–H groups in total. The molecule has 3 aromatic rings. The average Bonchev–Trinajstić information content (AvgIpc) is 3.15. The summed E-state index contributed by atoms with van der Waals surface area (Å²) in [6.45, 7) is 7.99. The van der Waals surface area contributed by atoms with Crippen molar-refractivity contribution in [1.82, 2.24) is 9.47 Å². The molecule has 2 heterocycles. The number of nitrogens with zero attached hydrogens (tertiary/aromatic N) is 2. The minimum Gasteiger partial charge on any atom is -0.506 e. The number of rotatable bonds is 8. The van der Waals surface area contributed by atoms with Gasteiger partial charge in [0.1, 0.15) is 11.6 Å². The van der Waals surface area contributed by atoms with Gasteiger partial charge in [0.05, 0.1) is 35.4 Å². The van der Waals surface area contributed by atoms with Gasteiger partial charge < -0.3 is 19.1 Å². The fourth-order valence-corrected chi connectivity index (χ4v) is 5.74. The summed E-state index contributed by atoms with van der Waals surface area (Å²) in [5.74, 6) is -0.0558. The Bertz CT molecular complexity index is 1180. The van der Waals surface area contributed by atoms with Gasteiger partial charge in [0, 0.05) is 53.5 Å². The SMILES string of the molecule is CCOC(=O)c1c(CSc2ccc(F)cc2)n(CC)c2cc(Br)c(O)c(CN3CCOCC3)c12.Cl. The minimum absolute atomic E-state index is 0. The number of morpholine rings is 1. The van der Waals surface area contributed by atoms with Crippen molar-refractivity contribution < 1.29 is 23.8 Å². The molecule has 4 rings (SSSR count). The Hall–Kier alpha value is -1.78. The van der Waals surface area contributed by atoms with Crippen LogP contribution >= 0.6 is 40.1 Å². The first-order valence-electron chi connectivity index (χ1n) is 11.4. The second kappa shape index (κ2) is 12.5. The van der Waals surface area contributed by atoms with Crippen LogP contribution in [0.3, 0.4) is 0 Å². The van der Waals surface area contributed by atoms with Crippen LogP contribution in [0.15, 0.2) is 39.7 Å². The van der Waals surface area contributed by atoms with E-state index >= 15 is 0 Å². The zero-order valence-corrected chi connectivity index (χ0v) is 22.9. The number of carbonyl (C=O) groups excluding carboxylic acids is 1. The minimum atomic E-state index is -0.403. The molecular weight excluding hydrogens is 559 g/mol. The van der Waals surface area contributed by atoms with Crippen molar-refractivity contribution in [3.05, 3.63) is 57.4 Å². The molecule has 190 valence electrons. The van der Waals surface area contributed by atoms with E-state index in [0.717, 1.165) is 34.6 Å². The number of fused-ring (bicyclic) bond motifs is 1. The summed E-state index contributed by atoms with van der Waals surface area (Å²) < 4.78 is 27.0. The molecule has 6 nitrogen and oxygen atoms in total. The number of aryl methyl sites for hydroxylation is 1. The number of esters is 1. The first-order chi connectivity index (χ1) is 16.4. The number of benzene rings is 2. The third-order valence-corrected chi connectivity index (χ3v) is 7.59. The summed E-state index contributed by atoms with van der Waals surface area (Å²) in [5.41, 5.74) is 2.88. The van der Waals surface area contributed by atoms with Crippen LogP contribution in [0.25, 0.3) is 10.9 Å². The number of aromatic nitrogens is 1. The number of carbonyl (C=O) groups is 1. The molecule has 0 bridgehead atoms. The predicted molar refractivity (Wildman–Crippen MR) is 142 cm³/mol. The van der Waals surface area contributed by atoms with E-state index in [9.17, 15) is 14.3 Å². The van der Waals surface area contributed by atoms with Crippen molar-refractivity contribution in [2.24, 2.45) is 0 Å². The number of ether oxygens (including phenoxy) is 2. The third kappa shape index (κ3) is 5.97. The van der Waals surface area contributed by atoms with Gasteiger partial charge in [0.2, 0.25) is 0 Å². The molecule has 0 atom stereocenters. The number of hydrogen-bond acceptors (Lipinski definition) is 6. The maximum Gasteiger partial charge on any atom is 0.340 e. The highest BCUT2D eigenvalue weighted by molar-refractivity contribution is 9.10. The number of phenolic OH excluding ortho intramolecular Hbond substituents is 1. The van der Waals surface area contributed by atoms with Gasteiger partial charge in [0.25, 0.3) is 0 Å². The fraction of sp³-hybridized carbons (Fsp3) is 0.400. The number of halogens is 3. The van der Waals surface area contributed by atoms with Crippen molar-refractivity contribution in [2.75, 3.05) is 32.9 Å². The van der Waals surface area contributed by atoms with Crippen LogP contribution in [0.2, 0.25) is 0 Å². The number of aromatic hydroxyl groups is 1.